The number of hydrogen-bond donors (Lipinski definition) is 0. The SMILES string of the molecule is CCN(C(=O)C1CC(=O)N(C2CCCCCC2)C1)C1CCS(=O)(=O)C1. The summed E-state index contributed by atoms with van der Waals surface area (Å²) in [5.74, 6) is -0.00725. The minimum Gasteiger partial charge on any atom is -0.339 e. The predicted octanol–water partition coefficient (Wildman–Crippen LogP) is 1.59. The highest BCUT2D eigenvalue weighted by Crippen LogP contribution is 2.30. The topological polar surface area (TPSA) is 74.8 Å². The maximum absolute atomic E-state index is 13.0. The van der Waals surface area contributed by atoms with E-state index in [0.717, 1.165) is 25.7 Å². The average Bonchev–Trinajstić information content (AvgIpc) is 3.00. The molecule has 7 heteroatoms. The molecular formula is C18H30N2O4S. The molecule has 2 heterocycles. The highest BCUT2D eigenvalue weighted by atomic mass is 32.2. The van der Waals surface area contributed by atoms with Gasteiger partial charge in [0.15, 0.2) is 9.84 Å². The van der Waals surface area contributed by atoms with Crippen LogP contribution in [0.1, 0.15) is 58.3 Å². The molecule has 2 unspecified atom stereocenters. The molecule has 2 amide bonds. The Balaban J connectivity index is 1.65. The van der Waals surface area contributed by atoms with Gasteiger partial charge >= 0.3 is 0 Å². The summed E-state index contributed by atoms with van der Waals surface area (Å²) in [5.41, 5.74) is 0. The maximum atomic E-state index is 13.0. The lowest BCUT2D eigenvalue weighted by atomic mass is 10.0. The van der Waals surface area contributed by atoms with Crippen molar-refractivity contribution in [3.8, 4) is 0 Å². The van der Waals surface area contributed by atoms with Crippen molar-refractivity contribution < 1.29 is 18.0 Å². The van der Waals surface area contributed by atoms with Gasteiger partial charge in [0.2, 0.25) is 11.8 Å². The normalized spacial score (nSPS) is 30.4. The molecule has 1 saturated carbocycles. The standard InChI is InChI=1S/C18H30N2O4S/c1-2-19(16-9-10-25(23,24)13-16)18(22)14-11-17(21)20(12-14)15-7-5-3-4-6-8-15/h14-16H,2-13H2,1H3. The zero-order chi connectivity index (χ0) is 18.0. The largest absolute Gasteiger partial charge is 0.339 e. The zero-order valence-electron chi connectivity index (χ0n) is 15.2. The predicted molar refractivity (Wildman–Crippen MR) is 95.8 cm³/mol. The van der Waals surface area contributed by atoms with Crippen LogP contribution in [0.15, 0.2) is 0 Å². The molecule has 0 N–H and O–H groups in total. The summed E-state index contributed by atoms with van der Waals surface area (Å²) in [6.07, 6.45) is 7.69. The summed E-state index contributed by atoms with van der Waals surface area (Å²) in [4.78, 5) is 29.1. The summed E-state index contributed by atoms with van der Waals surface area (Å²) in [6.45, 7) is 2.91. The molecule has 3 rings (SSSR count). The van der Waals surface area contributed by atoms with Crippen LogP contribution in [0, 0.1) is 5.92 Å². The van der Waals surface area contributed by atoms with E-state index in [2.05, 4.69) is 0 Å². The molecule has 2 saturated heterocycles. The number of amides is 2. The molecule has 0 aromatic rings. The Kier molecular flexibility index (Phi) is 5.71. The first kappa shape index (κ1) is 18.7. The van der Waals surface area contributed by atoms with Gasteiger partial charge in [-0.1, -0.05) is 25.7 Å². The lowest BCUT2D eigenvalue weighted by Gasteiger charge is -2.30. The Morgan fingerprint density at radius 1 is 1.16 bits per heavy atom. The van der Waals surface area contributed by atoms with Crippen molar-refractivity contribution in [2.75, 3.05) is 24.6 Å². The van der Waals surface area contributed by atoms with Crippen LogP contribution in [-0.2, 0) is 19.4 Å². The van der Waals surface area contributed by atoms with E-state index in [4.69, 9.17) is 0 Å². The van der Waals surface area contributed by atoms with Crippen molar-refractivity contribution in [1.82, 2.24) is 9.80 Å². The van der Waals surface area contributed by atoms with Gasteiger partial charge in [-0.3, -0.25) is 9.59 Å². The minimum absolute atomic E-state index is 0.0333. The Morgan fingerprint density at radius 2 is 1.84 bits per heavy atom. The number of carbonyl (C=O) groups excluding carboxylic acids is 2. The lowest BCUT2D eigenvalue weighted by molar-refractivity contribution is -0.137. The zero-order valence-corrected chi connectivity index (χ0v) is 16.0. The van der Waals surface area contributed by atoms with Crippen LogP contribution in [0.4, 0.5) is 0 Å². The molecule has 25 heavy (non-hydrogen) atoms. The number of rotatable bonds is 4. The van der Waals surface area contributed by atoms with Crippen LogP contribution in [0.25, 0.3) is 0 Å². The highest BCUT2D eigenvalue weighted by molar-refractivity contribution is 7.91. The van der Waals surface area contributed by atoms with E-state index in [1.807, 2.05) is 11.8 Å². The van der Waals surface area contributed by atoms with Crippen LogP contribution in [0.5, 0.6) is 0 Å². The Labute approximate surface area is 150 Å². The maximum Gasteiger partial charge on any atom is 0.228 e. The van der Waals surface area contributed by atoms with Gasteiger partial charge < -0.3 is 9.80 Å². The van der Waals surface area contributed by atoms with E-state index in [1.54, 1.807) is 4.90 Å². The second-order valence-corrected chi connectivity index (χ2v) is 10.0. The van der Waals surface area contributed by atoms with E-state index in [9.17, 15) is 18.0 Å². The summed E-state index contributed by atoms with van der Waals surface area (Å²) >= 11 is 0. The highest BCUT2D eigenvalue weighted by Gasteiger charge is 2.42. The first-order chi connectivity index (χ1) is 11.9. The third-order valence-corrected chi connectivity index (χ3v) is 7.80. The number of carbonyl (C=O) groups is 2. The molecule has 0 radical (unpaired) electrons. The van der Waals surface area contributed by atoms with E-state index in [0.29, 0.717) is 19.5 Å². The Hall–Kier alpha value is -1.11. The fraction of sp³-hybridized carbons (Fsp3) is 0.889. The summed E-state index contributed by atoms with van der Waals surface area (Å²) in [5, 5.41) is 0. The minimum atomic E-state index is -3.02. The number of nitrogens with zero attached hydrogens (tertiary/aromatic N) is 2. The van der Waals surface area contributed by atoms with Gasteiger partial charge in [-0.2, -0.15) is 0 Å². The number of hydrogen-bond acceptors (Lipinski definition) is 4. The molecular weight excluding hydrogens is 340 g/mol. The number of likely N-dealkylation sites (tertiary alicyclic amines) is 1. The van der Waals surface area contributed by atoms with Crippen molar-refractivity contribution in [2.45, 2.75) is 70.4 Å². The van der Waals surface area contributed by atoms with Gasteiger partial charge in [-0.15, -0.1) is 0 Å². The van der Waals surface area contributed by atoms with Crippen LogP contribution in [-0.4, -0.2) is 66.7 Å². The number of sulfone groups is 1. The molecule has 1 aliphatic carbocycles. The van der Waals surface area contributed by atoms with Gasteiger partial charge in [0, 0.05) is 31.6 Å². The third-order valence-electron chi connectivity index (χ3n) is 6.05. The van der Waals surface area contributed by atoms with Crippen molar-refractivity contribution in [2.24, 2.45) is 5.92 Å². The van der Waals surface area contributed by atoms with Crippen molar-refractivity contribution in [3.63, 3.8) is 0 Å². The molecule has 2 aliphatic heterocycles. The molecule has 0 aromatic carbocycles. The molecule has 2 atom stereocenters. The first-order valence-electron chi connectivity index (χ1n) is 9.71. The monoisotopic (exact) mass is 370 g/mol. The van der Waals surface area contributed by atoms with Crippen LogP contribution in [0.2, 0.25) is 0 Å². The Bertz CT molecular complexity index is 611. The van der Waals surface area contributed by atoms with Crippen molar-refractivity contribution >= 4 is 21.7 Å². The van der Waals surface area contributed by atoms with E-state index < -0.39 is 9.84 Å². The lowest BCUT2D eigenvalue weighted by Crippen LogP contribution is -2.45. The van der Waals surface area contributed by atoms with Crippen LogP contribution < -0.4 is 0 Å². The average molecular weight is 371 g/mol. The third kappa shape index (κ3) is 4.18. The van der Waals surface area contributed by atoms with Crippen LogP contribution >= 0.6 is 0 Å². The van der Waals surface area contributed by atoms with Crippen molar-refractivity contribution in [1.29, 1.82) is 0 Å². The summed E-state index contributed by atoms with van der Waals surface area (Å²) in [6, 6.07) is 0.0688. The molecule has 0 aromatic heterocycles. The first-order valence-corrected chi connectivity index (χ1v) is 11.5. The van der Waals surface area contributed by atoms with Gasteiger partial charge in [0.25, 0.3) is 0 Å². The summed E-state index contributed by atoms with van der Waals surface area (Å²) in [7, 11) is -3.02. The molecule has 3 fully saturated rings. The van der Waals surface area contributed by atoms with E-state index in [-0.39, 0.29) is 47.7 Å². The van der Waals surface area contributed by atoms with Crippen molar-refractivity contribution in [3.05, 3.63) is 0 Å². The fourth-order valence-electron chi connectivity index (χ4n) is 4.67. The van der Waals surface area contributed by atoms with Crippen LogP contribution in [0.3, 0.4) is 0 Å². The second kappa shape index (κ2) is 7.64. The summed E-state index contributed by atoms with van der Waals surface area (Å²) < 4.78 is 23.5. The fourth-order valence-corrected chi connectivity index (χ4v) is 6.40. The quantitative estimate of drug-likeness (QED) is 0.705. The van der Waals surface area contributed by atoms with E-state index >= 15 is 0 Å². The van der Waals surface area contributed by atoms with Gasteiger partial charge in [-0.25, -0.2) is 8.42 Å². The smallest absolute Gasteiger partial charge is 0.228 e. The molecule has 6 nitrogen and oxygen atoms in total. The van der Waals surface area contributed by atoms with Gasteiger partial charge in [0.1, 0.15) is 0 Å². The molecule has 142 valence electrons. The van der Waals surface area contributed by atoms with E-state index in [1.165, 1.54) is 12.8 Å². The van der Waals surface area contributed by atoms with Gasteiger partial charge in [0.05, 0.1) is 17.4 Å². The Morgan fingerprint density at radius 3 is 2.40 bits per heavy atom. The second-order valence-electron chi connectivity index (χ2n) is 7.77. The van der Waals surface area contributed by atoms with Gasteiger partial charge in [-0.05, 0) is 26.2 Å². The molecule has 0 bridgehead atoms. The molecule has 0 spiro atoms. The molecule has 3 aliphatic rings.